The second-order valence-corrected chi connectivity index (χ2v) is 4.09. The lowest BCUT2D eigenvalue weighted by atomic mass is 10.2. The molecule has 0 radical (unpaired) electrons. The Morgan fingerprint density at radius 1 is 1.38 bits per heavy atom. The van der Waals surface area contributed by atoms with E-state index in [1.165, 1.54) is 18.2 Å². The summed E-state index contributed by atoms with van der Waals surface area (Å²) in [5.74, 6) is -0.379. The summed E-state index contributed by atoms with van der Waals surface area (Å²) in [6, 6.07) is 4.36. The van der Waals surface area contributed by atoms with Crippen LogP contribution in [0.1, 0.15) is 36.0 Å². The average Bonchev–Trinajstić information content (AvgIpc) is 2.74. The first kappa shape index (κ1) is 10.8. The number of carbonyl (C=O) groups is 1. The first-order valence-electron chi connectivity index (χ1n) is 5.46. The summed E-state index contributed by atoms with van der Waals surface area (Å²) in [4.78, 5) is 11.7. The Kier molecular flexibility index (Phi) is 2.99. The smallest absolute Gasteiger partial charge is 0.338 e. The van der Waals surface area contributed by atoms with E-state index < -0.39 is 0 Å². The number of hydrogen-bond donors (Lipinski definition) is 2. The third kappa shape index (κ3) is 2.27. The van der Waals surface area contributed by atoms with Crippen LogP contribution in [-0.4, -0.2) is 17.2 Å². The highest BCUT2D eigenvalue weighted by Crippen LogP contribution is 2.24. The molecule has 0 bridgehead atoms. The van der Waals surface area contributed by atoms with E-state index in [9.17, 15) is 9.90 Å². The van der Waals surface area contributed by atoms with E-state index in [0.717, 1.165) is 25.7 Å². The highest BCUT2D eigenvalue weighted by Gasteiger charge is 2.20. The van der Waals surface area contributed by atoms with E-state index in [1.807, 2.05) is 0 Å². The van der Waals surface area contributed by atoms with Gasteiger partial charge in [0, 0.05) is 0 Å². The summed E-state index contributed by atoms with van der Waals surface area (Å²) < 4.78 is 5.32. The van der Waals surface area contributed by atoms with Crippen molar-refractivity contribution >= 4 is 11.7 Å². The molecule has 0 unspecified atom stereocenters. The van der Waals surface area contributed by atoms with Gasteiger partial charge in [0.15, 0.2) is 0 Å². The van der Waals surface area contributed by atoms with Crippen LogP contribution in [0.4, 0.5) is 5.69 Å². The summed E-state index contributed by atoms with van der Waals surface area (Å²) in [6.07, 6.45) is 4.17. The fraction of sp³-hybridized carbons (Fsp3) is 0.417. The minimum Gasteiger partial charge on any atom is -0.506 e. The van der Waals surface area contributed by atoms with Crippen molar-refractivity contribution in [3.8, 4) is 5.75 Å². The molecule has 0 heterocycles. The van der Waals surface area contributed by atoms with Crippen LogP contribution in [0, 0.1) is 0 Å². The van der Waals surface area contributed by atoms with Crippen LogP contribution in [0.15, 0.2) is 18.2 Å². The Morgan fingerprint density at radius 3 is 2.69 bits per heavy atom. The average molecular weight is 221 g/mol. The molecule has 0 spiro atoms. The Labute approximate surface area is 94.0 Å². The molecule has 0 amide bonds. The van der Waals surface area contributed by atoms with Crippen molar-refractivity contribution < 1.29 is 14.6 Å². The van der Waals surface area contributed by atoms with Crippen LogP contribution in [0.25, 0.3) is 0 Å². The summed E-state index contributed by atoms with van der Waals surface area (Å²) in [7, 11) is 0. The number of phenolic OH excluding ortho intramolecular Hbond substituents is 1. The van der Waals surface area contributed by atoms with E-state index in [-0.39, 0.29) is 23.5 Å². The molecule has 1 aromatic carbocycles. The van der Waals surface area contributed by atoms with Crippen LogP contribution >= 0.6 is 0 Å². The van der Waals surface area contributed by atoms with E-state index >= 15 is 0 Å². The SMILES string of the molecule is Nc1cc(C(=O)OC2CCCC2)ccc1O. The van der Waals surface area contributed by atoms with Gasteiger partial charge in [0.2, 0.25) is 0 Å². The molecule has 3 N–H and O–H groups in total. The lowest BCUT2D eigenvalue weighted by Crippen LogP contribution is -2.14. The van der Waals surface area contributed by atoms with Crippen LogP contribution in [0.2, 0.25) is 0 Å². The van der Waals surface area contributed by atoms with Crippen molar-refractivity contribution in [2.75, 3.05) is 5.73 Å². The molecule has 1 aromatic rings. The molecule has 0 aliphatic heterocycles. The quantitative estimate of drug-likeness (QED) is 0.455. The molecule has 2 rings (SSSR count). The lowest BCUT2D eigenvalue weighted by Gasteiger charge is -2.11. The zero-order valence-corrected chi connectivity index (χ0v) is 8.98. The van der Waals surface area contributed by atoms with Gasteiger partial charge >= 0.3 is 5.97 Å². The summed E-state index contributed by atoms with van der Waals surface area (Å²) in [5.41, 5.74) is 6.09. The Balaban J connectivity index is 2.05. The standard InChI is InChI=1S/C12H15NO3/c13-10-7-8(5-6-11(10)14)12(15)16-9-3-1-2-4-9/h5-7,9,14H,1-4,13H2. The monoisotopic (exact) mass is 221 g/mol. The number of benzene rings is 1. The van der Waals surface area contributed by atoms with Gasteiger partial charge in [-0.3, -0.25) is 0 Å². The van der Waals surface area contributed by atoms with Crippen LogP contribution in [0.3, 0.4) is 0 Å². The number of nitrogen functional groups attached to an aromatic ring is 1. The molecule has 1 aliphatic rings. The predicted octanol–water partition coefficient (Wildman–Crippen LogP) is 2.07. The molecule has 16 heavy (non-hydrogen) atoms. The second kappa shape index (κ2) is 4.43. The zero-order valence-electron chi connectivity index (χ0n) is 8.98. The summed E-state index contributed by atoms with van der Waals surface area (Å²) in [5, 5.41) is 9.23. The van der Waals surface area contributed by atoms with Gasteiger partial charge in [-0.05, 0) is 43.9 Å². The van der Waals surface area contributed by atoms with Gasteiger partial charge in [-0.1, -0.05) is 0 Å². The van der Waals surface area contributed by atoms with Gasteiger partial charge in [0.1, 0.15) is 11.9 Å². The number of carbonyl (C=O) groups excluding carboxylic acids is 1. The van der Waals surface area contributed by atoms with Crippen LogP contribution in [0.5, 0.6) is 5.75 Å². The number of aromatic hydroxyl groups is 1. The minimum atomic E-state index is -0.362. The molecule has 4 nitrogen and oxygen atoms in total. The maximum absolute atomic E-state index is 11.7. The molecule has 0 saturated heterocycles. The fourth-order valence-electron chi connectivity index (χ4n) is 1.91. The molecular formula is C12H15NO3. The van der Waals surface area contributed by atoms with Crippen molar-refractivity contribution in [3.63, 3.8) is 0 Å². The van der Waals surface area contributed by atoms with Crippen molar-refractivity contribution in [2.24, 2.45) is 0 Å². The number of hydrogen-bond acceptors (Lipinski definition) is 4. The second-order valence-electron chi connectivity index (χ2n) is 4.09. The van der Waals surface area contributed by atoms with E-state index in [0.29, 0.717) is 5.56 Å². The molecular weight excluding hydrogens is 206 g/mol. The summed E-state index contributed by atoms with van der Waals surface area (Å²) >= 11 is 0. The fourth-order valence-corrected chi connectivity index (χ4v) is 1.91. The maximum atomic E-state index is 11.7. The molecule has 0 aromatic heterocycles. The molecule has 4 heteroatoms. The van der Waals surface area contributed by atoms with Crippen molar-refractivity contribution in [2.45, 2.75) is 31.8 Å². The van der Waals surface area contributed by atoms with Gasteiger partial charge in [-0.25, -0.2) is 4.79 Å². The van der Waals surface area contributed by atoms with Crippen molar-refractivity contribution in [1.29, 1.82) is 0 Å². The third-order valence-electron chi connectivity index (χ3n) is 2.84. The number of rotatable bonds is 2. The molecule has 1 aliphatic carbocycles. The van der Waals surface area contributed by atoms with Crippen LogP contribution < -0.4 is 5.73 Å². The van der Waals surface area contributed by atoms with Gasteiger partial charge in [0.25, 0.3) is 0 Å². The molecule has 1 fully saturated rings. The highest BCUT2D eigenvalue weighted by molar-refractivity contribution is 5.91. The third-order valence-corrected chi connectivity index (χ3v) is 2.84. The van der Waals surface area contributed by atoms with Gasteiger partial charge in [-0.15, -0.1) is 0 Å². The Morgan fingerprint density at radius 2 is 2.06 bits per heavy atom. The van der Waals surface area contributed by atoms with E-state index in [4.69, 9.17) is 10.5 Å². The van der Waals surface area contributed by atoms with E-state index in [1.54, 1.807) is 0 Å². The Hall–Kier alpha value is -1.71. The predicted molar refractivity (Wildman–Crippen MR) is 60.2 cm³/mol. The van der Waals surface area contributed by atoms with Gasteiger partial charge in [0.05, 0.1) is 11.3 Å². The topological polar surface area (TPSA) is 72.6 Å². The van der Waals surface area contributed by atoms with E-state index in [2.05, 4.69) is 0 Å². The normalized spacial score (nSPS) is 16.2. The van der Waals surface area contributed by atoms with Gasteiger partial charge in [-0.2, -0.15) is 0 Å². The minimum absolute atomic E-state index is 0.0163. The lowest BCUT2D eigenvalue weighted by molar-refractivity contribution is 0.0318. The van der Waals surface area contributed by atoms with Crippen molar-refractivity contribution in [1.82, 2.24) is 0 Å². The molecule has 0 atom stereocenters. The first-order valence-corrected chi connectivity index (χ1v) is 5.46. The molecule has 86 valence electrons. The number of esters is 1. The highest BCUT2D eigenvalue weighted by atomic mass is 16.5. The Bertz CT molecular complexity index is 397. The van der Waals surface area contributed by atoms with Crippen LogP contribution in [-0.2, 0) is 4.74 Å². The number of anilines is 1. The zero-order chi connectivity index (χ0) is 11.5. The molecule has 1 saturated carbocycles. The maximum Gasteiger partial charge on any atom is 0.338 e. The number of phenols is 1. The number of nitrogens with two attached hydrogens (primary N) is 1. The first-order chi connectivity index (χ1) is 7.66. The van der Waals surface area contributed by atoms with Gasteiger partial charge < -0.3 is 15.6 Å². The summed E-state index contributed by atoms with van der Waals surface area (Å²) in [6.45, 7) is 0. The largest absolute Gasteiger partial charge is 0.506 e. The van der Waals surface area contributed by atoms with Crippen molar-refractivity contribution in [3.05, 3.63) is 23.8 Å². The number of ether oxygens (including phenoxy) is 1.